The number of nitrogens with zero attached hydrogens (tertiary/aromatic N) is 2. The van der Waals surface area contributed by atoms with Gasteiger partial charge in [-0.15, -0.1) is 11.3 Å². The Bertz CT molecular complexity index is 547. The van der Waals surface area contributed by atoms with Gasteiger partial charge in [-0.3, -0.25) is 0 Å². The third-order valence-corrected chi connectivity index (χ3v) is 4.32. The molecule has 20 heavy (non-hydrogen) atoms. The lowest BCUT2D eigenvalue weighted by atomic mass is 10.4. The van der Waals surface area contributed by atoms with Gasteiger partial charge in [-0.2, -0.15) is 0 Å². The van der Waals surface area contributed by atoms with Crippen LogP contribution in [0.2, 0.25) is 0 Å². The van der Waals surface area contributed by atoms with E-state index >= 15 is 0 Å². The van der Waals surface area contributed by atoms with Gasteiger partial charge in [0, 0.05) is 10.9 Å². The predicted octanol–water partition coefficient (Wildman–Crippen LogP) is 2.01. The van der Waals surface area contributed by atoms with Crippen molar-refractivity contribution in [3.05, 3.63) is 33.9 Å². The maximum Gasteiger partial charge on any atom is 0.213 e. The Hall–Kier alpha value is -1.66. The van der Waals surface area contributed by atoms with Gasteiger partial charge < -0.3 is 15.2 Å². The van der Waals surface area contributed by atoms with E-state index in [1.54, 1.807) is 12.3 Å². The van der Waals surface area contributed by atoms with Gasteiger partial charge in [0.05, 0.1) is 30.7 Å². The first-order valence-electron chi connectivity index (χ1n) is 6.76. The molecule has 0 radical (unpaired) electrons. The number of aliphatic hydroxyl groups is 1. The number of aromatic nitrogens is 2. The van der Waals surface area contributed by atoms with Gasteiger partial charge in [0.15, 0.2) is 0 Å². The molecule has 0 saturated heterocycles. The molecular formula is C14H17N3O2S. The number of thiazole rings is 1. The molecule has 6 heteroatoms. The van der Waals surface area contributed by atoms with Crippen LogP contribution in [0.5, 0.6) is 5.88 Å². The van der Waals surface area contributed by atoms with Crippen LogP contribution < -0.4 is 10.1 Å². The van der Waals surface area contributed by atoms with Crippen LogP contribution in [-0.4, -0.2) is 28.3 Å². The smallest absolute Gasteiger partial charge is 0.213 e. The molecule has 0 aromatic carbocycles. The van der Waals surface area contributed by atoms with E-state index in [9.17, 15) is 0 Å². The van der Waals surface area contributed by atoms with Crippen LogP contribution in [-0.2, 0) is 19.4 Å². The summed E-state index contributed by atoms with van der Waals surface area (Å²) in [7, 11) is 0. The zero-order valence-electron chi connectivity index (χ0n) is 11.1. The SMILES string of the molecule is OCCOc1ccc(NCc2nc3c(s2)CCC3)cn1. The molecule has 0 saturated carbocycles. The molecule has 0 bridgehead atoms. The molecule has 0 aliphatic heterocycles. The molecule has 2 aromatic heterocycles. The maximum absolute atomic E-state index is 8.67. The fourth-order valence-corrected chi connectivity index (χ4v) is 3.31. The molecule has 0 atom stereocenters. The van der Waals surface area contributed by atoms with Gasteiger partial charge in [0.25, 0.3) is 0 Å². The van der Waals surface area contributed by atoms with Crippen molar-refractivity contribution in [1.82, 2.24) is 9.97 Å². The first-order valence-corrected chi connectivity index (χ1v) is 7.58. The highest BCUT2D eigenvalue weighted by Gasteiger charge is 2.16. The van der Waals surface area contributed by atoms with Crippen molar-refractivity contribution in [3.63, 3.8) is 0 Å². The van der Waals surface area contributed by atoms with Gasteiger partial charge in [0.2, 0.25) is 5.88 Å². The molecule has 2 aromatic rings. The Morgan fingerprint density at radius 1 is 1.35 bits per heavy atom. The maximum atomic E-state index is 8.67. The first-order chi connectivity index (χ1) is 9.85. The second kappa shape index (κ2) is 6.19. The molecule has 2 heterocycles. The number of hydrogen-bond donors (Lipinski definition) is 2. The lowest BCUT2D eigenvalue weighted by molar-refractivity contribution is 0.196. The molecule has 1 aliphatic rings. The van der Waals surface area contributed by atoms with Crippen LogP contribution in [0, 0.1) is 0 Å². The number of aryl methyl sites for hydroxylation is 2. The average Bonchev–Trinajstić information content (AvgIpc) is 3.05. The number of pyridine rings is 1. The van der Waals surface area contributed by atoms with Crippen LogP contribution in [0.25, 0.3) is 0 Å². The highest BCUT2D eigenvalue weighted by molar-refractivity contribution is 7.11. The molecule has 0 spiro atoms. The third-order valence-electron chi connectivity index (χ3n) is 3.16. The van der Waals surface area contributed by atoms with E-state index in [0.29, 0.717) is 5.88 Å². The van der Waals surface area contributed by atoms with E-state index in [-0.39, 0.29) is 13.2 Å². The minimum absolute atomic E-state index is 0.00358. The molecule has 0 amide bonds. The molecule has 3 rings (SSSR count). The van der Waals surface area contributed by atoms with Crippen LogP contribution in [0.15, 0.2) is 18.3 Å². The molecule has 0 unspecified atom stereocenters. The number of nitrogens with one attached hydrogen (secondary N) is 1. The number of fused-ring (bicyclic) bond motifs is 1. The minimum atomic E-state index is -0.00358. The molecule has 1 aliphatic carbocycles. The Morgan fingerprint density at radius 3 is 3.05 bits per heavy atom. The van der Waals surface area contributed by atoms with Gasteiger partial charge in [-0.1, -0.05) is 0 Å². The molecule has 5 nitrogen and oxygen atoms in total. The highest BCUT2D eigenvalue weighted by atomic mass is 32.1. The summed E-state index contributed by atoms with van der Waals surface area (Å²) in [5, 5.41) is 13.1. The summed E-state index contributed by atoms with van der Waals surface area (Å²) in [6.45, 7) is 0.997. The summed E-state index contributed by atoms with van der Waals surface area (Å²) < 4.78 is 5.21. The largest absolute Gasteiger partial charge is 0.475 e. The number of hydrogen-bond acceptors (Lipinski definition) is 6. The van der Waals surface area contributed by atoms with Crippen molar-refractivity contribution in [2.24, 2.45) is 0 Å². The van der Waals surface area contributed by atoms with Gasteiger partial charge >= 0.3 is 0 Å². The first kappa shape index (κ1) is 13.3. The van der Waals surface area contributed by atoms with E-state index in [2.05, 4.69) is 15.3 Å². The summed E-state index contributed by atoms with van der Waals surface area (Å²) in [6.07, 6.45) is 5.30. The van der Waals surface area contributed by atoms with E-state index in [0.717, 1.165) is 23.7 Å². The average molecular weight is 291 g/mol. The van der Waals surface area contributed by atoms with E-state index in [1.165, 1.54) is 23.4 Å². The van der Waals surface area contributed by atoms with E-state index in [4.69, 9.17) is 9.84 Å². The van der Waals surface area contributed by atoms with Crippen molar-refractivity contribution in [2.75, 3.05) is 18.5 Å². The van der Waals surface area contributed by atoms with Crippen molar-refractivity contribution in [2.45, 2.75) is 25.8 Å². The van der Waals surface area contributed by atoms with Crippen LogP contribution in [0.3, 0.4) is 0 Å². The second-order valence-corrected chi connectivity index (χ2v) is 5.81. The summed E-state index contributed by atoms with van der Waals surface area (Å²) in [6, 6.07) is 3.71. The second-order valence-electron chi connectivity index (χ2n) is 4.64. The fraction of sp³-hybridized carbons (Fsp3) is 0.429. The standard InChI is InChI=1S/C14H17N3O2S/c18-6-7-19-13-5-4-10(8-16-13)15-9-14-17-11-2-1-3-12(11)20-14/h4-5,8,15,18H,1-3,6-7,9H2. The minimum Gasteiger partial charge on any atom is -0.475 e. The Kier molecular flexibility index (Phi) is 4.13. The van der Waals surface area contributed by atoms with Gasteiger partial charge in [-0.05, 0) is 25.3 Å². The zero-order valence-corrected chi connectivity index (χ0v) is 11.9. The zero-order chi connectivity index (χ0) is 13.8. The van der Waals surface area contributed by atoms with Crippen LogP contribution in [0.1, 0.15) is 22.0 Å². The van der Waals surface area contributed by atoms with Crippen LogP contribution >= 0.6 is 11.3 Å². The summed E-state index contributed by atoms with van der Waals surface area (Å²) in [5.74, 6) is 0.526. The quantitative estimate of drug-likeness (QED) is 0.852. The summed E-state index contributed by atoms with van der Waals surface area (Å²) >= 11 is 1.81. The summed E-state index contributed by atoms with van der Waals surface area (Å²) in [5.41, 5.74) is 2.23. The number of ether oxygens (including phenoxy) is 1. The van der Waals surface area contributed by atoms with Crippen LogP contribution in [0.4, 0.5) is 5.69 Å². The number of aliphatic hydroxyl groups excluding tert-OH is 1. The Morgan fingerprint density at radius 2 is 2.30 bits per heavy atom. The van der Waals surface area contributed by atoms with Gasteiger partial charge in [0.1, 0.15) is 11.6 Å². The molecule has 106 valence electrons. The lowest BCUT2D eigenvalue weighted by Gasteiger charge is -2.06. The van der Waals surface area contributed by atoms with Gasteiger partial charge in [-0.25, -0.2) is 9.97 Å². The Labute approximate surface area is 121 Å². The fourth-order valence-electron chi connectivity index (χ4n) is 2.22. The number of rotatable bonds is 6. The van der Waals surface area contributed by atoms with Crippen molar-refractivity contribution >= 4 is 17.0 Å². The lowest BCUT2D eigenvalue weighted by Crippen LogP contribution is -2.04. The topological polar surface area (TPSA) is 67.3 Å². The predicted molar refractivity (Wildman–Crippen MR) is 78.3 cm³/mol. The molecule has 2 N–H and O–H groups in total. The molecular weight excluding hydrogens is 274 g/mol. The highest BCUT2D eigenvalue weighted by Crippen LogP contribution is 2.27. The third kappa shape index (κ3) is 3.08. The Balaban J connectivity index is 1.54. The normalized spacial score (nSPS) is 13.2. The van der Waals surface area contributed by atoms with Crippen molar-refractivity contribution in [3.8, 4) is 5.88 Å². The molecule has 0 fully saturated rings. The van der Waals surface area contributed by atoms with Crippen molar-refractivity contribution < 1.29 is 9.84 Å². The monoisotopic (exact) mass is 291 g/mol. The van der Waals surface area contributed by atoms with Crippen molar-refractivity contribution in [1.29, 1.82) is 0 Å². The van der Waals surface area contributed by atoms with E-state index in [1.807, 2.05) is 17.4 Å². The summed E-state index contributed by atoms with van der Waals surface area (Å²) in [4.78, 5) is 10.3. The van der Waals surface area contributed by atoms with E-state index < -0.39 is 0 Å². The number of anilines is 1.